The number of thiocarbonyl (C=S) groups is 1. The second-order valence-corrected chi connectivity index (χ2v) is 9.23. The van der Waals surface area contributed by atoms with Crippen molar-refractivity contribution >= 4 is 62.4 Å². The number of nitrogens with zero attached hydrogens (tertiary/aromatic N) is 1. The summed E-state index contributed by atoms with van der Waals surface area (Å²) in [6, 6.07) is 9.18. The monoisotopic (exact) mass is 542 g/mol. The van der Waals surface area contributed by atoms with Crippen molar-refractivity contribution in [2.75, 3.05) is 6.61 Å². The Morgan fingerprint density at radius 2 is 1.88 bits per heavy atom. The third-order valence-electron chi connectivity index (χ3n) is 4.10. The Bertz CT molecular complexity index is 1070. The van der Waals surface area contributed by atoms with Crippen LogP contribution in [0, 0.1) is 10.1 Å². The number of carbonyl (C=O) groups is 2. The zero-order valence-electron chi connectivity index (χ0n) is 17.3. The van der Waals surface area contributed by atoms with Crippen LogP contribution in [0.4, 0.5) is 5.69 Å². The van der Waals surface area contributed by atoms with Gasteiger partial charge in [-0.15, -0.1) is 0 Å². The summed E-state index contributed by atoms with van der Waals surface area (Å²) in [5, 5.41) is 12.9. The Hall–Kier alpha value is -2.76. The van der Waals surface area contributed by atoms with E-state index in [-0.39, 0.29) is 27.7 Å². The lowest BCUT2D eigenvalue weighted by Gasteiger charge is -2.20. The molecule has 0 spiro atoms. The topological polar surface area (TPSA) is 123 Å². The smallest absolute Gasteiger partial charge is 0.288 e. The van der Waals surface area contributed by atoms with Crippen molar-refractivity contribution in [3.05, 3.63) is 67.1 Å². The summed E-state index contributed by atoms with van der Waals surface area (Å²) < 4.78 is 6.20. The standard InChI is InChI=1S/C20H20BrClN4O5S/c1-20(2,3)12-5-7-16(13(21)9-12)31-10-17(27)24-25-19(32)23-18(28)11-4-6-14(22)15(8-11)26(29)30/h4-9H,10H2,1-3H3,(H,24,27)(H2,23,25,28,32). The normalized spacial score (nSPS) is 10.8. The van der Waals surface area contributed by atoms with Gasteiger partial charge in [0.05, 0.1) is 9.40 Å². The second-order valence-electron chi connectivity index (χ2n) is 7.56. The minimum atomic E-state index is -0.712. The molecule has 0 aliphatic heterocycles. The van der Waals surface area contributed by atoms with Crippen LogP contribution in [0.5, 0.6) is 5.75 Å². The van der Waals surface area contributed by atoms with Crippen molar-refractivity contribution in [1.82, 2.24) is 16.2 Å². The molecule has 32 heavy (non-hydrogen) atoms. The molecule has 170 valence electrons. The van der Waals surface area contributed by atoms with Crippen LogP contribution < -0.4 is 20.9 Å². The average molecular weight is 544 g/mol. The third kappa shape index (κ3) is 7.14. The fourth-order valence-electron chi connectivity index (χ4n) is 2.39. The molecular formula is C20H20BrClN4O5S. The fourth-order valence-corrected chi connectivity index (χ4v) is 3.21. The van der Waals surface area contributed by atoms with Gasteiger partial charge in [0, 0.05) is 11.6 Å². The van der Waals surface area contributed by atoms with Crippen molar-refractivity contribution in [3.8, 4) is 5.75 Å². The fraction of sp³-hybridized carbons (Fsp3) is 0.250. The number of hydrazine groups is 1. The van der Waals surface area contributed by atoms with Crippen LogP contribution in [0.1, 0.15) is 36.7 Å². The molecule has 0 saturated heterocycles. The largest absolute Gasteiger partial charge is 0.483 e. The molecule has 0 atom stereocenters. The van der Waals surface area contributed by atoms with Gasteiger partial charge >= 0.3 is 0 Å². The first-order valence-electron chi connectivity index (χ1n) is 9.15. The summed E-state index contributed by atoms with van der Waals surface area (Å²) in [7, 11) is 0. The molecule has 0 aliphatic rings. The van der Waals surface area contributed by atoms with E-state index in [1.54, 1.807) is 6.07 Å². The maximum Gasteiger partial charge on any atom is 0.288 e. The van der Waals surface area contributed by atoms with Crippen LogP contribution in [-0.4, -0.2) is 28.5 Å². The van der Waals surface area contributed by atoms with E-state index in [0.29, 0.717) is 10.2 Å². The van der Waals surface area contributed by atoms with Gasteiger partial charge in [0.2, 0.25) is 0 Å². The highest BCUT2D eigenvalue weighted by Gasteiger charge is 2.18. The van der Waals surface area contributed by atoms with Crippen molar-refractivity contribution in [3.63, 3.8) is 0 Å². The van der Waals surface area contributed by atoms with Crippen LogP contribution in [0.25, 0.3) is 0 Å². The van der Waals surface area contributed by atoms with E-state index in [1.807, 2.05) is 12.1 Å². The number of nitro groups is 1. The average Bonchev–Trinajstić information content (AvgIpc) is 2.70. The molecule has 2 amide bonds. The second kappa shape index (κ2) is 10.7. The first-order valence-corrected chi connectivity index (χ1v) is 10.7. The number of benzene rings is 2. The van der Waals surface area contributed by atoms with E-state index in [0.717, 1.165) is 11.6 Å². The van der Waals surface area contributed by atoms with Gasteiger partial charge < -0.3 is 4.74 Å². The number of hydrogen-bond acceptors (Lipinski definition) is 6. The SMILES string of the molecule is CC(C)(C)c1ccc(OCC(=O)NNC(=S)NC(=O)c2ccc(Cl)c([N+](=O)[O-])c2)c(Br)c1. The van der Waals surface area contributed by atoms with E-state index in [2.05, 4.69) is 52.9 Å². The van der Waals surface area contributed by atoms with Gasteiger partial charge in [-0.05, 0) is 63.4 Å². The lowest BCUT2D eigenvalue weighted by Crippen LogP contribution is -2.49. The molecule has 9 nitrogen and oxygen atoms in total. The molecule has 0 saturated carbocycles. The van der Waals surface area contributed by atoms with E-state index in [4.69, 9.17) is 28.6 Å². The Morgan fingerprint density at radius 3 is 2.47 bits per heavy atom. The summed E-state index contributed by atoms with van der Waals surface area (Å²) in [6.07, 6.45) is 0. The Labute approximate surface area is 203 Å². The molecule has 12 heteroatoms. The zero-order valence-corrected chi connectivity index (χ0v) is 20.5. The Morgan fingerprint density at radius 1 is 1.19 bits per heavy atom. The maximum absolute atomic E-state index is 12.2. The van der Waals surface area contributed by atoms with E-state index < -0.39 is 22.4 Å². The number of halogens is 2. The van der Waals surface area contributed by atoms with Gasteiger partial charge in [0.25, 0.3) is 17.5 Å². The zero-order chi connectivity index (χ0) is 24.1. The van der Waals surface area contributed by atoms with Crippen molar-refractivity contribution in [2.24, 2.45) is 0 Å². The molecule has 0 fully saturated rings. The van der Waals surface area contributed by atoms with Crippen LogP contribution in [0.15, 0.2) is 40.9 Å². The molecule has 0 radical (unpaired) electrons. The predicted molar refractivity (Wildman–Crippen MR) is 128 cm³/mol. The summed E-state index contributed by atoms with van der Waals surface area (Å²) in [4.78, 5) is 34.4. The minimum Gasteiger partial charge on any atom is -0.483 e. The number of rotatable bonds is 5. The van der Waals surface area contributed by atoms with Crippen molar-refractivity contribution in [1.29, 1.82) is 0 Å². The minimum absolute atomic E-state index is 0.0246. The van der Waals surface area contributed by atoms with Gasteiger partial charge in [-0.1, -0.05) is 38.4 Å². The molecular weight excluding hydrogens is 524 g/mol. The lowest BCUT2D eigenvalue weighted by atomic mass is 9.87. The van der Waals surface area contributed by atoms with Gasteiger partial charge in [-0.25, -0.2) is 0 Å². The molecule has 0 bridgehead atoms. The summed E-state index contributed by atoms with van der Waals surface area (Å²) in [6.45, 7) is 5.96. The molecule has 0 heterocycles. The van der Waals surface area contributed by atoms with Gasteiger partial charge in [0.1, 0.15) is 10.8 Å². The molecule has 0 aromatic heterocycles. The van der Waals surface area contributed by atoms with E-state index in [9.17, 15) is 19.7 Å². The van der Waals surface area contributed by atoms with E-state index >= 15 is 0 Å². The number of amides is 2. The molecule has 0 aliphatic carbocycles. The Kier molecular flexibility index (Phi) is 8.53. The first-order chi connectivity index (χ1) is 14.9. The third-order valence-corrected chi connectivity index (χ3v) is 5.25. The molecule has 2 aromatic rings. The van der Waals surface area contributed by atoms with Crippen LogP contribution in [-0.2, 0) is 10.2 Å². The summed E-state index contributed by atoms with van der Waals surface area (Å²) >= 11 is 14.1. The van der Waals surface area contributed by atoms with Crippen molar-refractivity contribution in [2.45, 2.75) is 26.2 Å². The number of nitro benzene ring substituents is 1. The number of nitrogens with one attached hydrogen (secondary N) is 3. The van der Waals surface area contributed by atoms with Crippen LogP contribution in [0.3, 0.4) is 0 Å². The van der Waals surface area contributed by atoms with Gasteiger partial charge in [0.15, 0.2) is 11.7 Å². The maximum atomic E-state index is 12.2. The summed E-state index contributed by atoms with van der Waals surface area (Å²) in [5.41, 5.74) is 5.29. The summed E-state index contributed by atoms with van der Waals surface area (Å²) in [5.74, 6) is -0.764. The van der Waals surface area contributed by atoms with Gasteiger partial charge in [-0.3, -0.25) is 35.9 Å². The number of hydrogen-bond donors (Lipinski definition) is 3. The molecule has 2 rings (SSSR count). The molecule has 3 N–H and O–H groups in total. The molecule has 0 unspecified atom stereocenters. The predicted octanol–water partition coefficient (Wildman–Crippen LogP) is 4.02. The number of carbonyl (C=O) groups excluding carboxylic acids is 2. The molecule has 2 aromatic carbocycles. The highest BCUT2D eigenvalue weighted by molar-refractivity contribution is 9.10. The highest BCUT2D eigenvalue weighted by atomic mass is 79.9. The van der Waals surface area contributed by atoms with E-state index in [1.165, 1.54) is 12.1 Å². The Balaban J connectivity index is 1.84. The first kappa shape index (κ1) is 25.5. The van der Waals surface area contributed by atoms with Crippen LogP contribution in [0.2, 0.25) is 5.02 Å². The quantitative estimate of drug-likeness (QED) is 0.296. The number of ether oxygens (including phenoxy) is 1. The lowest BCUT2D eigenvalue weighted by molar-refractivity contribution is -0.384. The van der Waals surface area contributed by atoms with Gasteiger partial charge in [-0.2, -0.15) is 0 Å². The van der Waals surface area contributed by atoms with Crippen LogP contribution >= 0.6 is 39.7 Å². The highest BCUT2D eigenvalue weighted by Crippen LogP contribution is 2.31. The van der Waals surface area contributed by atoms with Crippen molar-refractivity contribution < 1.29 is 19.2 Å².